The SMILES string of the molecule is CC(c1ccccc1[N+](=O)[O-])C1(N)C[C@](N)(C(=O)O)[C@H]2[C@@H](C(=O)O)[C@]21C(=O)O. The summed E-state index contributed by atoms with van der Waals surface area (Å²) >= 11 is 0. The first-order valence-electron chi connectivity index (χ1n) is 8.38. The van der Waals surface area contributed by atoms with Crippen molar-refractivity contribution in [2.24, 2.45) is 28.7 Å². The highest BCUT2D eigenvalue weighted by molar-refractivity contribution is 5.98. The van der Waals surface area contributed by atoms with Crippen molar-refractivity contribution in [3.8, 4) is 0 Å². The molecule has 0 bridgehead atoms. The summed E-state index contributed by atoms with van der Waals surface area (Å²) in [7, 11) is 0. The number of nitro groups is 1. The van der Waals surface area contributed by atoms with Gasteiger partial charge >= 0.3 is 17.9 Å². The predicted octanol–water partition coefficient (Wildman–Crippen LogP) is -0.0168. The lowest BCUT2D eigenvalue weighted by Crippen LogP contribution is -2.59. The number of aliphatic carboxylic acids is 3. The molecule has 0 amide bonds. The Labute approximate surface area is 158 Å². The van der Waals surface area contributed by atoms with Gasteiger partial charge in [0.15, 0.2) is 0 Å². The van der Waals surface area contributed by atoms with Crippen LogP contribution in [-0.4, -0.2) is 49.2 Å². The van der Waals surface area contributed by atoms with Gasteiger partial charge in [-0.15, -0.1) is 0 Å². The zero-order valence-electron chi connectivity index (χ0n) is 14.7. The van der Waals surface area contributed by atoms with Crippen molar-refractivity contribution >= 4 is 23.6 Å². The lowest BCUT2D eigenvalue weighted by molar-refractivity contribution is -0.385. The molecule has 1 aromatic rings. The molecular formula is C17H19N3O8. The fraction of sp³-hybridized carbons (Fsp3) is 0.471. The number of nitro benzene ring substituents is 1. The molecule has 11 nitrogen and oxygen atoms in total. The third-order valence-electron chi connectivity index (χ3n) is 6.51. The number of rotatable bonds is 6. The molecule has 2 saturated carbocycles. The molecule has 7 N–H and O–H groups in total. The van der Waals surface area contributed by atoms with E-state index in [4.69, 9.17) is 11.5 Å². The minimum absolute atomic E-state index is 0.0834. The molecule has 2 unspecified atom stereocenters. The van der Waals surface area contributed by atoms with Gasteiger partial charge in [0.1, 0.15) is 11.0 Å². The number of hydrogen-bond donors (Lipinski definition) is 5. The average molecular weight is 393 g/mol. The van der Waals surface area contributed by atoms with Crippen LogP contribution in [0.25, 0.3) is 0 Å². The zero-order valence-corrected chi connectivity index (χ0v) is 14.7. The van der Waals surface area contributed by atoms with Crippen LogP contribution in [0.3, 0.4) is 0 Å². The van der Waals surface area contributed by atoms with Crippen LogP contribution < -0.4 is 11.5 Å². The van der Waals surface area contributed by atoms with Crippen molar-refractivity contribution in [2.75, 3.05) is 0 Å². The molecule has 0 radical (unpaired) electrons. The van der Waals surface area contributed by atoms with E-state index in [-0.39, 0.29) is 11.3 Å². The van der Waals surface area contributed by atoms with Gasteiger partial charge in [-0.1, -0.05) is 25.1 Å². The van der Waals surface area contributed by atoms with Crippen LogP contribution >= 0.6 is 0 Å². The second kappa shape index (κ2) is 5.72. The van der Waals surface area contributed by atoms with Gasteiger partial charge in [0, 0.05) is 29.0 Å². The molecule has 2 aliphatic carbocycles. The van der Waals surface area contributed by atoms with Crippen LogP contribution in [0, 0.1) is 27.4 Å². The fourth-order valence-electron chi connectivity index (χ4n) is 5.23. The van der Waals surface area contributed by atoms with Gasteiger partial charge < -0.3 is 26.8 Å². The highest BCUT2D eigenvalue weighted by Crippen LogP contribution is 2.77. The maximum absolute atomic E-state index is 12.2. The zero-order chi connectivity index (χ0) is 21.2. The van der Waals surface area contributed by atoms with Gasteiger partial charge in [-0.2, -0.15) is 0 Å². The summed E-state index contributed by atoms with van der Waals surface area (Å²) in [4.78, 5) is 46.5. The van der Waals surface area contributed by atoms with E-state index < -0.39 is 63.5 Å². The third kappa shape index (κ3) is 2.08. The maximum Gasteiger partial charge on any atom is 0.324 e. The second-order valence-electron chi connectivity index (χ2n) is 7.57. The smallest absolute Gasteiger partial charge is 0.324 e. The van der Waals surface area contributed by atoms with E-state index in [0.717, 1.165) is 0 Å². The molecule has 150 valence electrons. The van der Waals surface area contributed by atoms with Gasteiger partial charge in [-0.25, -0.2) is 0 Å². The van der Waals surface area contributed by atoms with Gasteiger partial charge in [0.2, 0.25) is 0 Å². The molecule has 1 aromatic carbocycles. The predicted molar refractivity (Wildman–Crippen MR) is 92.3 cm³/mol. The molecule has 6 atom stereocenters. The van der Waals surface area contributed by atoms with E-state index in [1.165, 1.54) is 31.2 Å². The van der Waals surface area contributed by atoms with Crippen molar-refractivity contribution < 1.29 is 34.6 Å². The van der Waals surface area contributed by atoms with E-state index in [9.17, 15) is 39.8 Å². The number of nitrogens with zero attached hydrogens (tertiary/aromatic N) is 1. The Balaban J connectivity index is 2.24. The summed E-state index contributed by atoms with van der Waals surface area (Å²) < 4.78 is 0. The van der Waals surface area contributed by atoms with E-state index in [1.54, 1.807) is 0 Å². The molecule has 0 saturated heterocycles. The molecule has 0 aliphatic heterocycles. The minimum atomic E-state index is -2.19. The lowest BCUT2D eigenvalue weighted by Gasteiger charge is -2.40. The Kier molecular flexibility index (Phi) is 4.03. The van der Waals surface area contributed by atoms with E-state index in [1.807, 2.05) is 0 Å². The summed E-state index contributed by atoms with van der Waals surface area (Å²) in [6.45, 7) is 1.43. The van der Waals surface area contributed by atoms with E-state index in [2.05, 4.69) is 0 Å². The molecule has 0 heterocycles. The van der Waals surface area contributed by atoms with Crippen molar-refractivity contribution in [1.29, 1.82) is 0 Å². The first kappa shape index (κ1) is 19.7. The topological polar surface area (TPSA) is 207 Å². The quantitative estimate of drug-likeness (QED) is 0.322. The number of benzene rings is 1. The first-order chi connectivity index (χ1) is 12.9. The van der Waals surface area contributed by atoms with Crippen LogP contribution in [0.2, 0.25) is 0 Å². The summed E-state index contributed by atoms with van der Waals surface area (Å²) in [5.41, 5.74) is 5.92. The molecule has 2 fully saturated rings. The van der Waals surface area contributed by atoms with Gasteiger partial charge in [-0.3, -0.25) is 24.5 Å². The Bertz CT molecular complexity index is 919. The van der Waals surface area contributed by atoms with Crippen LogP contribution in [0.5, 0.6) is 0 Å². The number of carbonyl (C=O) groups is 3. The van der Waals surface area contributed by atoms with Crippen LogP contribution in [0.15, 0.2) is 24.3 Å². The largest absolute Gasteiger partial charge is 0.481 e. The molecule has 11 heteroatoms. The summed E-state index contributed by atoms with van der Waals surface area (Å²) in [6.07, 6.45) is -0.538. The molecule has 0 spiro atoms. The van der Waals surface area contributed by atoms with Crippen LogP contribution in [-0.2, 0) is 14.4 Å². The number of hydrogen-bond acceptors (Lipinski definition) is 7. The van der Waals surface area contributed by atoms with Crippen molar-refractivity contribution in [2.45, 2.75) is 30.3 Å². The van der Waals surface area contributed by atoms with Gasteiger partial charge in [-0.05, 0) is 6.42 Å². The number of carboxylic acids is 3. The average Bonchev–Trinajstić information content (AvgIpc) is 3.28. The number of para-hydroxylation sites is 1. The normalized spacial score (nSPS) is 37.0. The van der Waals surface area contributed by atoms with Gasteiger partial charge in [0.25, 0.3) is 5.69 Å². The first-order valence-corrected chi connectivity index (χ1v) is 8.38. The lowest BCUT2D eigenvalue weighted by atomic mass is 9.67. The fourth-order valence-corrected chi connectivity index (χ4v) is 5.23. The monoisotopic (exact) mass is 393 g/mol. The van der Waals surface area contributed by atoms with Crippen LogP contribution in [0.1, 0.15) is 24.8 Å². The van der Waals surface area contributed by atoms with E-state index in [0.29, 0.717) is 0 Å². The number of fused-ring (bicyclic) bond motifs is 1. The number of carboxylic acid groups (broad SMARTS) is 3. The van der Waals surface area contributed by atoms with Crippen molar-refractivity contribution in [1.82, 2.24) is 0 Å². The molecular weight excluding hydrogens is 374 g/mol. The number of nitrogens with two attached hydrogens (primary N) is 2. The highest BCUT2D eigenvalue weighted by atomic mass is 16.6. The second-order valence-corrected chi connectivity index (χ2v) is 7.57. The summed E-state index contributed by atoms with van der Waals surface area (Å²) in [6, 6.07) is 5.51. The molecule has 2 aliphatic rings. The molecule has 3 rings (SSSR count). The van der Waals surface area contributed by atoms with E-state index >= 15 is 0 Å². The van der Waals surface area contributed by atoms with Gasteiger partial charge in [0.05, 0.1) is 10.8 Å². The summed E-state index contributed by atoms with van der Waals surface area (Å²) in [5.74, 6) is -8.77. The highest BCUT2D eigenvalue weighted by Gasteiger charge is 2.91. The standard InChI is InChI=1S/C17H19N3O8/c1-7(8-4-2-3-5-9(8)20(27)28)16(19)6-15(18,13(23)24)11-10(12(21)22)17(11,16)14(25)26/h2-5,7,10-11H,6,18-19H2,1H3,(H,21,22)(H,23,24)(H,25,26)/t7?,10-,11+,15+,16?,17+/m0/s1. The van der Waals surface area contributed by atoms with Crippen molar-refractivity contribution in [3.63, 3.8) is 0 Å². The molecule has 0 aromatic heterocycles. The van der Waals surface area contributed by atoms with Crippen LogP contribution in [0.4, 0.5) is 5.69 Å². The Morgan fingerprint density at radius 3 is 2.21 bits per heavy atom. The summed E-state index contributed by atoms with van der Waals surface area (Å²) in [5, 5.41) is 40.5. The van der Waals surface area contributed by atoms with Crippen molar-refractivity contribution in [3.05, 3.63) is 39.9 Å². The molecule has 28 heavy (non-hydrogen) atoms. The third-order valence-corrected chi connectivity index (χ3v) is 6.51. The Morgan fingerprint density at radius 2 is 1.75 bits per heavy atom. The Hall–Kier alpha value is -3.05. The maximum atomic E-state index is 12.2. The Morgan fingerprint density at radius 1 is 1.18 bits per heavy atom. The minimum Gasteiger partial charge on any atom is -0.481 e.